The predicted octanol–water partition coefficient (Wildman–Crippen LogP) is 3.15. The first-order valence-electron chi connectivity index (χ1n) is 5.09. The Labute approximate surface area is 94.2 Å². The van der Waals surface area contributed by atoms with Gasteiger partial charge in [-0.3, -0.25) is 4.79 Å². The topological polar surface area (TPSA) is 26.3 Å². The summed E-state index contributed by atoms with van der Waals surface area (Å²) >= 11 is 6.03. The van der Waals surface area contributed by atoms with Crippen LogP contribution in [0.5, 0.6) is 5.75 Å². The number of hydrogen-bond donors (Lipinski definition) is 0. The zero-order valence-electron chi connectivity index (χ0n) is 8.63. The molecule has 0 bridgehead atoms. The number of ketones is 1. The smallest absolute Gasteiger partial charge is 0.138 e. The molecule has 80 valence electrons. The molecule has 0 amide bonds. The van der Waals surface area contributed by atoms with E-state index in [1.54, 1.807) is 0 Å². The number of benzene rings is 1. The molecule has 0 aliphatic heterocycles. The predicted molar refractivity (Wildman–Crippen MR) is 59.5 cm³/mol. The molecule has 0 heterocycles. The molecule has 1 aromatic rings. The van der Waals surface area contributed by atoms with Crippen molar-refractivity contribution in [3.63, 3.8) is 0 Å². The second-order valence-corrected chi connectivity index (χ2v) is 4.36. The summed E-state index contributed by atoms with van der Waals surface area (Å²) in [5.41, 5.74) is 1.11. The fourth-order valence-electron chi connectivity index (χ4n) is 1.76. The van der Waals surface area contributed by atoms with Crippen LogP contribution in [0.4, 0.5) is 0 Å². The molecule has 0 aromatic heterocycles. The Morgan fingerprint density at radius 2 is 2.27 bits per heavy atom. The Hall–Kier alpha value is -1.02. The molecule has 2 rings (SSSR count). The number of carbonyl (C=O) groups is 1. The van der Waals surface area contributed by atoms with E-state index in [0.717, 1.165) is 12.0 Å². The molecular formula is C12H13ClO2. The molecule has 1 atom stereocenters. The van der Waals surface area contributed by atoms with Gasteiger partial charge in [0.2, 0.25) is 0 Å². The minimum Gasteiger partial charge on any atom is -0.488 e. The second kappa shape index (κ2) is 4.23. The molecule has 0 spiro atoms. The first kappa shape index (κ1) is 10.5. The highest BCUT2D eigenvalue weighted by molar-refractivity contribution is 6.32. The Morgan fingerprint density at radius 1 is 1.47 bits per heavy atom. The third-order valence-electron chi connectivity index (χ3n) is 2.58. The van der Waals surface area contributed by atoms with Gasteiger partial charge in [0, 0.05) is 12.8 Å². The van der Waals surface area contributed by atoms with E-state index in [1.807, 2.05) is 25.1 Å². The van der Waals surface area contributed by atoms with Gasteiger partial charge in [-0.15, -0.1) is 0 Å². The molecule has 1 fully saturated rings. The van der Waals surface area contributed by atoms with E-state index in [4.69, 9.17) is 16.3 Å². The number of aryl methyl sites for hydroxylation is 1. The van der Waals surface area contributed by atoms with Crippen LogP contribution in [-0.2, 0) is 4.79 Å². The van der Waals surface area contributed by atoms with Crippen molar-refractivity contribution in [3.8, 4) is 5.75 Å². The number of ether oxygens (including phenoxy) is 1. The van der Waals surface area contributed by atoms with Crippen LogP contribution in [0.3, 0.4) is 0 Å². The lowest BCUT2D eigenvalue weighted by Gasteiger charge is -2.13. The highest BCUT2D eigenvalue weighted by Crippen LogP contribution is 2.29. The SMILES string of the molecule is Cc1ccc(OC2CCC(=O)C2)c(Cl)c1. The molecule has 1 aliphatic rings. The summed E-state index contributed by atoms with van der Waals surface area (Å²) in [6, 6.07) is 5.69. The lowest BCUT2D eigenvalue weighted by molar-refractivity contribution is -0.117. The zero-order chi connectivity index (χ0) is 10.8. The monoisotopic (exact) mass is 224 g/mol. The maximum Gasteiger partial charge on any atom is 0.138 e. The van der Waals surface area contributed by atoms with Crippen LogP contribution in [0.2, 0.25) is 5.02 Å². The van der Waals surface area contributed by atoms with Gasteiger partial charge in [0.25, 0.3) is 0 Å². The Morgan fingerprint density at radius 3 is 2.87 bits per heavy atom. The first-order chi connectivity index (χ1) is 7.15. The summed E-state index contributed by atoms with van der Waals surface area (Å²) in [6.45, 7) is 1.98. The van der Waals surface area contributed by atoms with Gasteiger partial charge in [-0.1, -0.05) is 17.7 Å². The number of hydrogen-bond acceptors (Lipinski definition) is 2. The van der Waals surface area contributed by atoms with Crippen molar-refractivity contribution in [3.05, 3.63) is 28.8 Å². The van der Waals surface area contributed by atoms with E-state index in [-0.39, 0.29) is 11.9 Å². The van der Waals surface area contributed by atoms with Gasteiger partial charge >= 0.3 is 0 Å². The van der Waals surface area contributed by atoms with E-state index in [9.17, 15) is 4.79 Å². The molecule has 2 nitrogen and oxygen atoms in total. The molecule has 1 unspecified atom stereocenters. The summed E-state index contributed by atoms with van der Waals surface area (Å²) in [4.78, 5) is 11.1. The van der Waals surface area contributed by atoms with Crippen LogP contribution in [0.15, 0.2) is 18.2 Å². The van der Waals surface area contributed by atoms with E-state index in [0.29, 0.717) is 23.6 Å². The first-order valence-corrected chi connectivity index (χ1v) is 5.47. The maximum atomic E-state index is 11.1. The van der Waals surface area contributed by atoms with Crippen LogP contribution in [0, 0.1) is 6.92 Å². The minimum atomic E-state index is 0.0118. The Bertz CT molecular complexity index is 387. The van der Waals surface area contributed by atoms with Crippen LogP contribution >= 0.6 is 11.6 Å². The van der Waals surface area contributed by atoms with Crippen molar-refractivity contribution >= 4 is 17.4 Å². The number of Topliss-reactive ketones (excluding diaryl/α,β-unsaturated/α-hetero) is 1. The van der Waals surface area contributed by atoms with Crippen molar-refractivity contribution in [2.75, 3.05) is 0 Å². The number of carbonyl (C=O) groups excluding carboxylic acids is 1. The number of halogens is 1. The normalized spacial score (nSPS) is 20.7. The third kappa shape index (κ3) is 2.51. The van der Waals surface area contributed by atoms with E-state index in [2.05, 4.69) is 0 Å². The Kier molecular flexibility index (Phi) is 2.96. The largest absolute Gasteiger partial charge is 0.488 e. The lowest BCUT2D eigenvalue weighted by Crippen LogP contribution is -2.12. The van der Waals surface area contributed by atoms with Gasteiger partial charge in [0.05, 0.1) is 5.02 Å². The van der Waals surface area contributed by atoms with Crippen molar-refractivity contribution in [2.24, 2.45) is 0 Å². The standard InChI is InChI=1S/C12H13ClO2/c1-8-2-5-12(11(13)6-8)15-10-4-3-9(14)7-10/h2,5-6,10H,3-4,7H2,1H3. The Balaban J connectivity index is 2.07. The van der Waals surface area contributed by atoms with Crippen molar-refractivity contribution in [1.82, 2.24) is 0 Å². The summed E-state index contributed by atoms with van der Waals surface area (Å²) < 4.78 is 5.68. The highest BCUT2D eigenvalue weighted by atomic mass is 35.5. The average molecular weight is 225 g/mol. The van der Waals surface area contributed by atoms with Crippen molar-refractivity contribution in [1.29, 1.82) is 0 Å². The summed E-state index contributed by atoms with van der Waals surface area (Å²) in [5, 5.41) is 0.620. The van der Waals surface area contributed by atoms with Gasteiger partial charge in [-0.25, -0.2) is 0 Å². The van der Waals surface area contributed by atoms with Crippen molar-refractivity contribution in [2.45, 2.75) is 32.3 Å². The van der Waals surface area contributed by atoms with E-state index >= 15 is 0 Å². The van der Waals surface area contributed by atoms with E-state index < -0.39 is 0 Å². The van der Waals surface area contributed by atoms with Gasteiger partial charge in [-0.2, -0.15) is 0 Å². The van der Waals surface area contributed by atoms with Gasteiger partial charge in [0.1, 0.15) is 17.6 Å². The molecule has 1 aliphatic carbocycles. The van der Waals surface area contributed by atoms with Crippen LogP contribution in [0.25, 0.3) is 0 Å². The molecule has 3 heteroatoms. The molecule has 1 aromatic carbocycles. The minimum absolute atomic E-state index is 0.0118. The third-order valence-corrected chi connectivity index (χ3v) is 2.88. The van der Waals surface area contributed by atoms with E-state index in [1.165, 1.54) is 0 Å². The summed E-state index contributed by atoms with van der Waals surface area (Å²) in [6.07, 6.45) is 1.97. The zero-order valence-corrected chi connectivity index (χ0v) is 9.38. The number of rotatable bonds is 2. The van der Waals surface area contributed by atoms with Crippen molar-refractivity contribution < 1.29 is 9.53 Å². The summed E-state index contributed by atoms with van der Waals surface area (Å²) in [7, 11) is 0. The summed E-state index contributed by atoms with van der Waals surface area (Å²) in [5.74, 6) is 0.963. The quantitative estimate of drug-likeness (QED) is 0.772. The molecule has 0 saturated heterocycles. The average Bonchev–Trinajstić information content (AvgIpc) is 2.56. The fourth-order valence-corrected chi connectivity index (χ4v) is 2.04. The molecular weight excluding hydrogens is 212 g/mol. The second-order valence-electron chi connectivity index (χ2n) is 3.96. The van der Waals surface area contributed by atoms with Crippen LogP contribution in [0.1, 0.15) is 24.8 Å². The fraction of sp³-hybridized carbons (Fsp3) is 0.417. The van der Waals surface area contributed by atoms with Gasteiger partial charge in [0.15, 0.2) is 0 Å². The van der Waals surface area contributed by atoms with Gasteiger partial charge in [-0.05, 0) is 31.0 Å². The molecule has 0 N–H and O–H groups in total. The van der Waals surface area contributed by atoms with Crippen LogP contribution in [-0.4, -0.2) is 11.9 Å². The molecule has 15 heavy (non-hydrogen) atoms. The maximum absolute atomic E-state index is 11.1. The van der Waals surface area contributed by atoms with Crippen LogP contribution < -0.4 is 4.74 Å². The van der Waals surface area contributed by atoms with Gasteiger partial charge < -0.3 is 4.74 Å². The highest BCUT2D eigenvalue weighted by Gasteiger charge is 2.24. The molecule has 0 radical (unpaired) electrons. The lowest BCUT2D eigenvalue weighted by atomic mass is 10.2. The molecule has 1 saturated carbocycles.